The Kier molecular flexibility index (Phi) is 34.2. The van der Waals surface area contributed by atoms with Crippen LogP contribution < -0.4 is 0 Å². The predicted octanol–water partition coefficient (Wildman–Crippen LogP) is 17.4. The van der Waals surface area contributed by atoms with E-state index in [2.05, 4.69) is 122 Å². The molecule has 91 heavy (non-hydrogen) atoms. The molecule has 16 heteroatoms. The Bertz CT molecular complexity index is 3760. The summed E-state index contributed by atoms with van der Waals surface area (Å²) < 4.78 is 57.5. The molecule has 0 saturated carbocycles. The fourth-order valence-corrected chi connectivity index (χ4v) is 7.99. The molecule has 0 unspecified atom stereocenters. The number of nitrogens with zero attached hydrogens (tertiary/aromatic N) is 5. The molecule has 2 radical (unpaired) electrons. The number of aromatic nitrogens is 5. The molecular formula is C75H68F3Ir2N5O5S-4. The third-order valence-corrected chi connectivity index (χ3v) is 12.8. The fraction of sp³-hybridized carbons (Fsp3) is 0.107. The third-order valence-electron chi connectivity index (χ3n) is 12.2. The molecule has 0 amide bonds. The van der Waals surface area contributed by atoms with Crippen LogP contribution >= 0.6 is 0 Å². The molecule has 0 spiro atoms. The molecule has 472 valence electrons. The number of rotatable bonds is 7. The Labute approximate surface area is 560 Å². The van der Waals surface area contributed by atoms with E-state index in [0.717, 1.165) is 99.0 Å². The van der Waals surface area contributed by atoms with Crippen molar-refractivity contribution in [3.63, 3.8) is 0 Å². The number of aryl methyl sites for hydroxylation is 5. The first kappa shape index (κ1) is 76.5. The molecule has 0 fully saturated rings. The molecule has 7 aromatic carbocycles. The quantitative estimate of drug-likeness (QED) is 0.0796. The molecule has 0 aliphatic rings. The van der Waals surface area contributed by atoms with Gasteiger partial charge in [-0.05, 0) is 105 Å². The van der Waals surface area contributed by atoms with Gasteiger partial charge >= 0.3 is 15.6 Å². The molecule has 5 aromatic heterocycles. The van der Waals surface area contributed by atoms with Crippen LogP contribution in [-0.2, 0) is 50.3 Å². The number of benzene rings is 7. The van der Waals surface area contributed by atoms with Crippen molar-refractivity contribution in [1.82, 2.24) is 24.9 Å². The van der Waals surface area contributed by atoms with E-state index >= 15 is 0 Å². The van der Waals surface area contributed by atoms with Crippen LogP contribution in [0.15, 0.2) is 267 Å². The second kappa shape index (κ2) is 40.8. The van der Waals surface area contributed by atoms with Gasteiger partial charge in [0.05, 0.1) is 5.69 Å². The van der Waals surface area contributed by atoms with Gasteiger partial charge in [0.25, 0.3) is 0 Å². The minimum absolute atomic E-state index is 0. The van der Waals surface area contributed by atoms with E-state index in [4.69, 9.17) is 23.2 Å². The van der Waals surface area contributed by atoms with Crippen molar-refractivity contribution < 1.29 is 76.6 Å². The SMILES string of the molecule is CO.CO.Cc1cccc(-c2[c-]cc(-c3ccccc3)cc2)n1.Cc1cccc(-c2[c-]cccc2)n1.Cc1cccc(-c2[c-]cccc2)n1.Cc1cccc(-c2[c-]cccc2)n1.Cc1cccc(-c2ccc(-c3ccccc3)cc2)n1.O=S(=O)(O)C(F)(F)F.[Ir].[Ir]. The number of hydrogen-bond acceptors (Lipinski definition) is 9. The summed E-state index contributed by atoms with van der Waals surface area (Å²) in [7, 11) is -3.84. The Morgan fingerprint density at radius 3 is 0.835 bits per heavy atom. The van der Waals surface area contributed by atoms with Crippen LogP contribution in [0.2, 0.25) is 0 Å². The van der Waals surface area contributed by atoms with Crippen molar-refractivity contribution >= 4 is 10.1 Å². The second-order valence-corrected chi connectivity index (χ2v) is 20.3. The van der Waals surface area contributed by atoms with Gasteiger partial charge in [0, 0.05) is 88.5 Å². The van der Waals surface area contributed by atoms with Crippen molar-refractivity contribution in [2.45, 2.75) is 40.1 Å². The van der Waals surface area contributed by atoms with Gasteiger partial charge in [0.1, 0.15) is 0 Å². The third kappa shape index (κ3) is 26.7. The monoisotopic (exact) mass is 1590 g/mol. The van der Waals surface area contributed by atoms with Crippen molar-refractivity contribution in [2.24, 2.45) is 0 Å². The zero-order valence-electron chi connectivity index (χ0n) is 51.0. The number of halogens is 3. The first-order chi connectivity index (χ1) is 43.0. The molecule has 5 heterocycles. The maximum absolute atomic E-state index is 10.7. The van der Waals surface area contributed by atoms with Crippen LogP contribution in [0.5, 0.6) is 0 Å². The Balaban J connectivity index is 0.000000286. The van der Waals surface area contributed by atoms with Gasteiger partial charge in [0.15, 0.2) is 0 Å². The molecular weight excluding hydrogens is 1520 g/mol. The Morgan fingerprint density at radius 2 is 0.560 bits per heavy atom. The zero-order valence-corrected chi connectivity index (χ0v) is 56.6. The summed E-state index contributed by atoms with van der Waals surface area (Å²) in [5.41, 5.74) is 14.8. The molecule has 0 bridgehead atoms. The number of hydrogen-bond donors (Lipinski definition) is 3. The minimum atomic E-state index is -5.84. The minimum Gasteiger partial charge on any atom is -0.400 e. The number of aliphatic hydroxyl groups excluding tert-OH is 2. The Morgan fingerprint density at radius 1 is 0.308 bits per heavy atom. The zero-order chi connectivity index (χ0) is 64.4. The summed E-state index contributed by atoms with van der Waals surface area (Å²) in [5, 5.41) is 14.0. The van der Waals surface area contributed by atoms with Crippen LogP contribution in [0.3, 0.4) is 0 Å². The topological polar surface area (TPSA) is 159 Å². The molecule has 12 aromatic rings. The van der Waals surface area contributed by atoms with Gasteiger partial charge in [-0.2, -0.15) is 21.6 Å². The van der Waals surface area contributed by atoms with E-state index in [1.165, 1.54) is 22.3 Å². The molecule has 0 aliphatic heterocycles. The smallest absolute Gasteiger partial charge is 0.400 e. The fourth-order valence-electron chi connectivity index (χ4n) is 7.99. The molecule has 0 aliphatic carbocycles. The molecule has 10 nitrogen and oxygen atoms in total. The molecule has 0 atom stereocenters. The van der Waals surface area contributed by atoms with Gasteiger partial charge in [-0.25, -0.2) is 0 Å². The average Bonchev–Trinajstić information content (AvgIpc) is 2.11. The summed E-state index contributed by atoms with van der Waals surface area (Å²) in [6.07, 6.45) is 0. The van der Waals surface area contributed by atoms with Crippen LogP contribution in [0.4, 0.5) is 13.2 Å². The summed E-state index contributed by atoms with van der Waals surface area (Å²) in [5.74, 6) is 0. The van der Waals surface area contributed by atoms with Gasteiger partial charge in [-0.15, -0.1) is 138 Å². The summed E-state index contributed by atoms with van der Waals surface area (Å²) >= 11 is 0. The molecule has 3 N–H and O–H groups in total. The van der Waals surface area contributed by atoms with E-state index in [1.54, 1.807) is 0 Å². The average molecular weight is 1590 g/mol. The maximum atomic E-state index is 10.7. The predicted molar refractivity (Wildman–Crippen MR) is 352 cm³/mol. The summed E-state index contributed by atoms with van der Waals surface area (Å²) in [6, 6.07) is 102. The van der Waals surface area contributed by atoms with Crippen LogP contribution in [-0.4, -0.2) is 67.8 Å². The number of aliphatic hydroxyl groups is 2. The van der Waals surface area contributed by atoms with Gasteiger partial charge in [-0.1, -0.05) is 151 Å². The van der Waals surface area contributed by atoms with Crippen LogP contribution in [0.1, 0.15) is 28.5 Å². The maximum Gasteiger partial charge on any atom is 0.522 e. The first-order valence-electron chi connectivity index (χ1n) is 27.8. The van der Waals surface area contributed by atoms with E-state index < -0.39 is 15.6 Å². The summed E-state index contributed by atoms with van der Waals surface area (Å²) in [4.78, 5) is 22.3. The van der Waals surface area contributed by atoms with Crippen molar-refractivity contribution in [1.29, 1.82) is 0 Å². The van der Waals surface area contributed by atoms with Crippen molar-refractivity contribution in [3.05, 3.63) is 320 Å². The standard InChI is InChI=1S/C18H15N.C18H14N.3C12H10N.CHF3O3S.2CH4O.2Ir/c2*1-14-6-5-9-18(19-14)17-12-10-16(11-13-17)15-7-3-2-4-8-15;3*1-10-6-5-9-12(13-10)11-7-3-2-4-8-11;2-1(3,4)8(5,6)7;2*1-2;;/h2-13H,1H3;2-12H,1H3;3*2-7,9H,1H3;(H,5,6,7);2*2H,1H3;;/q;4*-1;;;;;. The first-order valence-corrected chi connectivity index (χ1v) is 29.2. The van der Waals surface area contributed by atoms with Gasteiger partial charge in [0.2, 0.25) is 0 Å². The second-order valence-electron chi connectivity index (χ2n) is 18.9. The largest absolute Gasteiger partial charge is 0.522 e. The van der Waals surface area contributed by atoms with Crippen molar-refractivity contribution in [3.8, 4) is 78.5 Å². The normalized spacial score (nSPS) is 9.95. The van der Waals surface area contributed by atoms with Gasteiger partial charge < -0.3 is 30.1 Å². The number of alkyl halides is 3. The number of pyridine rings is 5. The summed E-state index contributed by atoms with van der Waals surface area (Å²) in [6.45, 7) is 10.00. The van der Waals surface area contributed by atoms with E-state index in [9.17, 15) is 13.2 Å². The van der Waals surface area contributed by atoms with E-state index in [0.29, 0.717) is 0 Å². The Hall–Kier alpha value is -8.79. The molecule has 12 rings (SSSR count). The van der Waals surface area contributed by atoms with Gasteiger partial charge in [-0.3, -0.25) is 9.54 Å². The van der Waals surface area contributed by atoms with Crippen molar-refractivity contribution in [2.75, 3.05) is 14.2 Å². The van der Waals surface area contributed by atoms with E-state index in [1.807, 2.05) is 229 Å². The van der Waals surface area contributed by atoms with E-state index in [-0.39, 0.29) is 40.2 Å². The van der Waals surface area contributed by atoms with Crippen LogP contribution in [0, 0.1) is 58.9 Å². The molecule has 0 saturated heterocycles. The van der Waals surface area contributed by atoms with Crippen LogP contribution in [0.25, 0.3) is 78.5 Å².